The molecule has 0 atom stereocenters. The number of nitrogen functional groups attached to an aromatic ring is 1. The van der Waals surface area contributed by atoms with Gasteiger partial charge in [-0.2, -0.15) is 5.26 Å². The Balaban J connectivity index is 2.11. The van der Waals surface area contributed by atoms with Crippen molar-refractivity contribution < 1.29 is 28.7 Å². The molecule has 0 unspecified atom stereocenters. The summed E-state index contributed by atoms with van der Waals surface area (Å²) in [6.45, 7) is 3.76. The molecule has 27 heavy (non-hydrogen) atoms. The summed E-state index contributed by atoms with van der Waals surface area (Å²) in [5, 5.41) is 11.8. The third-order valence-electron chi connectivity index (χ3n) is 3.72. The van der Waals surface area contributed by atoms with E-state index < -0.39 is 42.6 Å². The molecule has 1 saturated heterocycles. The number of esters is 2. The Morgan fingerprint density at radius 1 is 1.33 bits per heavy atom. The molecule has 0 bridgehead atoms. The highest BCUT2D eigenvalue weighted by Gasteiger charge is 2.45. The number of nitriles is 1. The van der Waals surface area contributed by atoms with E-state index in [1.807, 2.05) is 6.07 Å². The fourth-order valence-corrected chi connectivity index (χ4v) is 3.31. The number of imide groups is 1. The molecule has 10 nitrogen and oxygen atoms in total. The predicted molar refractivity (Wildman–Crippen MR) is 93.5 cm³/mol. The molecular formula is C16H18N4O6S. The molecule has 0 aromatic carbocycles. The molecule has 1 aliphatic rings. The van der Waals surface area contributed by atoms with E-state index in [1.54, 1.807) is 6.92 Å². The lowest BCUT2D eigenvalue weighted by atomic mass is 10.1. The van der Waals surface area contributed by atoms with Gasteiger partial charge in [-0.15, -0.1) is 11.3 Å². The van der Waals surface area contributed by atoms with Gasteiger partial charge in [0.2, 0.25) is 0 Å². The van der Waals surface area contributed by atoms with Crippen molar-refractivity contribution in [3.63, 3.8) is 0 Å². The van der Waals surface area contributed by atoms with Gasteiger partial charge in [-0.3, -0.25) is 14.5 Å². The number of rotatable bonds is 6. The topological polar surface area (TPSA) is 152 Å². The molecule has 1 aliphatic heterocycles. The zero-order valence-corrected chi connectivity index (χ0v) is 15.8. The number of anilines is 1. The summed E-state index contributed by atoms with van der Waals surface area (Å²) in [7, 11) is 0. The minimum atomic E-state index is -1.11. The SMILES string of the molecule is CCOC(=O)c1sc(N)c(C#N)c1COC(=O)CN1C(=O)NC(C)(C)C1=O. The van der Waals surface area contributed by atoms with E-state index in [1.165, 1.54) is 13.8 Å². The van der Waals surface area contributed by atoms with Crippen LogP contribution in [0.1, 0.15) is 41.6 Å². The zero-order chi connectivity index (χ0) is 20.4. The second-order valence-electron chi connectivity index (χ2n) is 6.09. The molecule has 0 spiro atoms. The number of amides is 3. The first kappa shape index (κ1) is 20.2. The molecule has 2 heterocycles. The highest BCUT2D eigenvalue weighted by molar-refractivity contribution is 7.18. The summed E-state index contributed by atoms with van der Waals surface area (Å²) >= 11 is 0.860. The predicted octanol–water partition coefficient (Wildman–Crippen LogP) is 0.752. The molecule has 1 fully saturated rings. The third kappa shape index (κ3) is 4.01. The molecule has 0 saturated carbocycles. The number of nitrogens with one attached hydrogen (secondary N) is 1. The second kappa shape index (κ2) is 7.63. The Hall–Kier alpha value is -3.13. The van der Waals surface area contributed by atoms with Crippen LogP contribution < -0.4 is 11.1 Å². The van der Waals surface area contributed by atoms with Crippen LogP contribution in [-0.4, -0.2) is 47.5 Å². The highest BCUT2D eigenvalue weighted by Crippen LogP contribution is 2.32. The maximum Gasteiger partial charge on any atom is 0.348 e. The summed E-state index contributed by atoms with van der Waals surface area (Å²) < 4.78 is 9.97. The standard InChI is InChI=1S/C16H18N4O6S/c1-4-25-13(22)11-9(8(5-17)12(18)27-11)7-26-10(21)6-20-14(23)16(2,3)19-15(20)24/h4,6-7,18H2,1-3H3,(H,19,24). The molecule has 1 aromatic rings. The number of thiophene rings is 1. The molecule has 1 aromatic heterocycles. The highest BCUT2D eigenvalue weighted by atomic mass is 32.1. The van der Waals surface area contributed by atoms with Gasteiger partial charge in [0.25, 0.3) is 5.91 Å². The van der Waals surface area contributed by atoms with Crippen LogP contribution >= 0.6 is 11.3 Å². The Labute approximate surface area is 158 Å². The van der Waals surface area contributed by atoms with Crippen LogP contribution in [0.4, 0.5) is 9.80 Å². The van der Waals surface area contributed by atoms with Crippen LogP contribution in [0.25, 0.3) is 0 Å². The number of ether oxygens (including phenoxy) is 2. The second-order valence-corrected chi connectivity index (χ2v) is 7.14. The fraction of sp³-hybridized carbons (Fsp3) is 0.438. The van der Waals surface area contributed by atoms with Crippen molar-refractivity contribution in [2.45, 2.75) is 32.9 Å². The van der Waals surface area contributed by atoms with Crippen LogP contribution in [0, 0.1) is 11.3 Å². The van der Waals surface area contributed by atoms with Gasteiger partial charge >= 0.3 is 18.0 Å². The van der Waals surface area contributed by atoms with Gasteiger partial charge in [0.05, 0.1) is 12.2 Å². The van der Waals surface area contributed by atoms with Gasteiger partial charge in [0.15, 0.2) is 0 Å². The van der Waals surface area contributed by atoms with E-state index in [0.29, 0.717) is 0 Å². The Morgan fingerprint density at radius 3 is 2.52 bits per heavy atom. The molecule has 11 heteroatoms. The van der Waals surface area contributed by atoms with Crippen LogP contribution in [0.3, 0.4) is 0 Å². The summed E-state index contributed by atoms with van der Waals surface area (Å²) in [4.78, 5) is 48.8. The molecule has 3 N–H and O–H groups in total. The van der Waals surface area contributed by atoms with E-state index in [-0.39, 0.29) is 27.6 Å². The van der Waals surface area contributed by atoms with Gasteiger partial charge in [0.1, 0.15) is 34.6 Å². The number of hydrogen-bond acceptors (Lipinski definition) is 9. The quantitative estimate of drug-likeness (QED) is 0.530. The van der Waals surface area contributed by atoms with Crippen molar-refractivity contribution in [3.05, 3.63) is 16.0 Å². The van der Waals surface area contributed by atoms with E-state index in [4.69, 9.17) is 15.2 Å². The van der Waals surface area contributed by atoms with Crippen molar-refractivity contribution in [3.8, 4) is 6.07 Å². The number of urea groups is 1. The van der Waals surface area contributed by atoms with Gasteiger partial charge < -0.3 is 20.5 Å². The lowest BCUT2D eigenvalue weighted by Gasteiger charge is -2.15. The van der Waals surface area contributed by atoms with E-state index in [0.717, 1.165) is 16.2 Å². The number of carbonyl (C=O) groups excluding carboxylic acids is 4. The first-order valence-electron chi connectivity index (χ1n) is 7.90. The van der Waals surface area contributed by atoms with Crippen molar-refractivity contribution in [1.29, 1.82) is 5.26 Å². The van der Waals surface area contributed by atoms with Crippen molar-refractivity contribution in [2.75, 3.05) is 18.9 Å². The van der Waals surface area contributed by atoms with Gasteiger partial charge in [0, 0.05) is 5.56 Å². The van der Waals surface area contributed by atoms with E-state index in [2.05, 4.69) is 5.32 Å². The Morgan fingerprint density at radius 2 is 2.00 bits per heavy atom. The normalized spacial score (nSPS) is 15.3. The first-order valence-corrected chi connectivity index (χ1v) is 8.72. The van der Waals surface area contributed by atoms with Crippen molar-refractivity contribution >= 4 is 40.2 Å². The Kier molecular flexibility index (Phi) is 5.70. The lowest BCUT2D eigenvalue weighted by molar-refractivity contribution is -0.148. The summed E-state index contributed by atoms with van der Waals surface area (Å²) in [6.07, 6.45) is 0. The minimum Gasteiger partial charge on any atom is -0.462 e. The molecule has 2 rings (SSSR count). The lowest BCUT2D eigenvalue weighted by Crippen LogP contribution is -2.41. The molecule has 3 amide bonds. The fourth-order valence-electron chi connectivity index (χ4n) is 2.40. The maximum absolute atomic E-state index is 12.1. The first-order chi connectivity index (χ1) is 12.6. The zero-order valence-electron chi connectivity index (χ0n) is 15.0. The third-order valence-corrected chi connectivity index (χ3v) is 4.76. The van der Waals surface area contributed by atoms with Crippen molar-refractivity contribution in [2.24, 2.45) is 0 Å². The number of nitrogens with two attached hydrogens (primary N) is 1. The molecule has 0 radical (unpaired) electrons. The molecular weight excluding hydrogens is 376 g/mol. The number of carbonyl (C=O) groups is 4. The minimum absolute atomic E-state index is 0.0204. The number of hydrogen-bond donors (Lipinski definition) is 2. The smallest absolute Gasteiger partial charge is 0.348 e. The average Bonchev–Trinajstić information content (AvgIpc) is 3.01. The van der Waals surface area contributed by atoms with Crippen LogP contribution in [0.2, 0.25) is 0 Å². The summed E-state index contributed by atoms with van der Waals surface area (Å²) in [5.74, 6) is -2.12. The maximum atomic E-state index is 12.1. The van der Waals surface area contributed by atoms with Crippen molar-refractivity contribution in [1.82, 2.24) is 10.2 Å². The van der Waals surface area contributed by atoms with Crippen LogP contribution in [-0.2, 0) is 25.7 Å². The summed E-state index contributed by atoms with van der Waals surface area (Å²) in [5.41, 5.74) is 4.78. The van der Waals surface area contributed by atoms with E-state index in [9.17, 15) is 24.4 Å². The molecule has 0 aliphatic carbocycles. The summed E-state index contributed by atoms with van der Waals surface area (Å²) in [6, 6.07) is 1.16. The number of nitrogens with zero attached hydrogens (tertiary/aromatic N) is 2. The average molecular weight is 394 g/mol. The van der Waals surface area contributed by atoms with Crippen LogP contribution in [0.15, 0.2) is 0 Å². The largest absolute Gasteiger partial charge is 0.462 e. The van der Waals surface area contributed by atoms with Gasteiger partial charge in [-0.1, -0.05) is 0 Å². The molecule has 144 valence electrons. The van der Waals surface area contributed by atoms with Gasteiger partial charge in [-0.25, -0.2) is 9.59 Å². The van der Waals surface area contributed by atoms with Crippen LogP contribution in [0.5, 0.6) is 0 Å². The van der Waals surface area contributed by atoms with E-state index >= 15 is 0 Å². The van der Waals surface area contributed by atoms with Gasteiger partial charge in [-0.05, 0) is 20.8 Å². The monoisotopic (exact) mass is 394 g/mol. The Bertz CT molecular complexity index is 854.